The van der Waals surface area contributed by atoms with E-state index in [-0.39, 0.29) is 40.7 Å². The molecule has 2 atom stereocenters. The normalized spacial score (nSPS) is 18.1. The zero-order valence-corrected chi connectivity index (χ0v) is 26.5. The molecule has 0 unspecified atom stereocenters. The zero-order chi connectivity index (χ0) is 30.6. The number of halogens is 1. The highest BCUT2D eigenvalue weighted by Gasteiger charge is 2.50. The van der Waals surface area contributed by atoms with Gasteiger partial charge in [0.15, 0.2) is 5.82 Å². The second kappa shape index (κ2) is 13.6. The van der Waals surface area contributed by atoms with E-state index in [1.54, 1.807) is 4.90 Å². The minimum Gasteiger partial charge on any atom is -0.434 e. The second-order valence-corrected chi connectivity index (χ2v) is 12.8. The van der Waals surface area contributed by atoms with Crippen molar-refractivity contribution in [1.82, 2.24) is 29.9 Å². The van der Waals surface area contributed by atoms with Crippen LogP contribution in [0.4, 0.5) is 10.2 Å². The number of amides is 1. The van der Waals surface area contributed by atoms with Crippen LogP contribution in [0.25, 0.3) is 0 Å². The molecule has 0 saturated carbocycles. The first kappa shape index (κ1) is 32.0. The van der Waals surface area contributed by atoms with E-state index < -0.39 is 5.82 Å². The number of hydrogen-bond donors (Lipinski definition) is 0. The molecule has 1 amide bonds. The molecule has 2 saturated heterocycles. The largest absolute Gasteiger partial charge is 0.434 e. The van der Waals surface area contributed by atoms with E-state index in [2.05, 4.69) is 57.8 Å². The first-order chi connectivity index (χ1) is 20.0. The molecular formula is C31H48FN7O3. The van der Waals surface area contributed by atoms with Crippen LogP contribution in [0, 0.1) is 17.2 Å². The number of rotatable bonds is 13. The summed E-state index contributed by atoms with van der Waals surface area (Å²) >= 11 is 0. The van der Waals surface area contributed by atoms with Crippen molar-refractivity contribution >= 4 is 11.7 Å². The third kappa shape index (κ3) is 7.18. The van der Waals surface area contributed by atoms with Gasteiger partial charge in [0.05, 0.1) is 11.7 Å². The summed E-state index contributed by atoms with van der Waals surface area (Å²) in [4.78, 5) is 26.5. The fraction of sp³-hybridized carbons (Fsp3) is 0.677. The Hall–Kier alpha value is -2.89. The van der Waals surface area contributed by atoms with E-state index >= 15 is 0 Å². The fourth-order valence-electron chi connectivity index (χ4n) is 6.49. The van der Waals surface area contributed by atoms with Gasteiger partial charge in [-0.1, -0.05) is 13.8 Å². The summed E-state index contributed by atoms with van der Waals surface area (Å²) in [6.45, 7) is 15.5. The summed E-state index contributed by atoms with van der Waals surface area (Å²) in [6, 6.07) is 4.39. The monoisotopic (exact) mass is 585 g/mol. The van der Waals surface area contributed by atoms with Gasteiger partial charge < -0.3 is 24.2 Å². The molecule has 2 aliphatic heterocycles. The van der Waals surface area contributed by atoms with E-state index in [4.69, 9.17) is 9.47 Å². The summed E-state index contributed by atoms with van der Waals surface area (Å²) in [5.74, 6) is 0.764. The number of carbonyl (C=O) groups is 1. The number of ether oxygens (including phenoxy) is 2. The van der Waals surface area contributed by atoms with Crippen molar-refractivity contribution in [2.24, 2.45) is 11.3 Å². The van der Waals surface area contributed by atoms with Crippen LogP contribution in [0.5, 0.6) is 11.6 Å². The fourth-order valence-corrected chi connectivity index (χ4v) is 6.49. The molecule has 1 spiro atoms. The van der Waals surface area contributed by atoms with Crippen molar-refractivity contribution in [3.8, 4) is 11.6 Å². The Morgan fingerprint density at radius 2 is 1.90 bits per heavy atom. The van der Waals surface area contributed by atoms with E-state index in [0.717, 1.165) is 45.6 Å². The maximum absolute atomic E-state index is 14.3. The van der Waals surface area contributed by atoms with Crippen LogP contribution in [0.3, 0.4) is 0 Å². The molecule has 10 nitrogen and oxygen atoms in total. The maximum Gasteiger partial charge on any atom is 0.282 e. The number of likely N-dealkylation sites (N-methyl/N-ethyl adjacent to an activating group) is 1. The Labute approximate surface area is 250 Å². The molecule has 0 radical (unpaired) electrons. The third-order valence-corrected chi connectivity index (χ3v) is 8.63. The summed E-state index contributed by atoms with van der Waals surface area (Å²) in [5, 5.41) is 8.20. The molecule has 1 aromatic carbocycles. The van der Waals surface area contributed by atoms with Gasteiger partial charge in [-0.25, -0.2) is 9.37 Å². The average molecular weight is 586 g/mol. The summed E-state index contributed by atoms with van der Waals surface area (Å²) in [6.07, 6.45) is 3.66. The van der Waals surface area contributed by atoms with Gasteiger partial charge in [0.2, 0.25) is 0 Å². The van der Waals surface area contributed by atoms with Crippen molar-refractivity contribution in [3.05, 3.63) is 35.9 Å². The lowest BCUT2D eigenvalue weighted by atomic mass is 9.76. The number of methoxy groups -OCH3 is 1. The van der Waals surface area contributed by atoms with Crippen LogP contribution in [-0.2, 0) is 4.74 Å². The van der Waals surface area contributed by atoms with Crippen LogP contribution >= 0.6 is 0 Å². The molecule has 232 valence electrons. The Balaban J connectivity index is 1.48. The van der Waals surface area contributed by atoms with Gasteiger partial charge in [-0.05, 0) is 71.8 Å². The molecule has 0 bridgehead atoms. The van der Waals surface area contributed by atoms with Gasteiger partial charge in [-0.2, -0.15) is 0 Å². The van der Waals surface area contributed by atoms with Crippen molar-refractivity contribution in [1.29, 1.82) is 0 Å². The van der Waals surface area contributed by atoms with Crippen LogP contribution in [-0.4, -0.2) is 114 Å². The summed E-state index contributed by atoms with van der Waals surface area (Å²) in [5.41, 5.74) is 0.327. The Bertz CT molecular complexity index is 1200. The highest BCUT2D eigenvalue weighted by atomic mass is 19.1. The van der Waals surface area contributed by atoms with Crippen molar-refractivity contribution in [3.63, 3.8) is 0 Å². The predicted octanol–water partition coefficient (Wildman–Crippen LogP) is 4.18. The minimum atomic E-state index is -0.503. The van der Waals surface area contributed by atoms with Crippen LogP contribution in [0.15, 0.2) is 24.5 Å². The zero-order valence-electron chi connectivity index (χ0n) is 26.5. The quantitative estimate of drug-likeness (QED) is 0.344. The molecule has 42 heavy (non-hydrogen) atoms. The number of likely N-dealkylation sites (tertiary alicyclic amines) is 1. The van der Waals surface area contributed by atoms with Gasteiger partial charge in [0, 0.05) is 63.9 Å². The van der Waals surface area contributed by atoms with Gasteiger partial charge in [0.25, 0.3) is 11.8 Å². The maximum atomic E-state index is 14.3. The number of aromatic nitrogens is 3. The topological polar surface area (TPSA) is 87.2 Å². The lowest BCUT2D eigenvalue weighted by Gasteiger charge is -2.53. The third-order valence-electron chi connectivity index (χ3n) is 8.63. The smallest absolute Gasteiger partial charge is 0.282 e. The molecule has 2 fully saturated rings. The van der Waals surface area contributed by atoms with E-state index in [1.165, 1.54) is 24.5 Å². The Morgan fingerprint density at radius 1 is 1.17 bits per heavy atom. The first-order valence-corrected chi connectivity index (χ1v) is 15.1. The summed E-state index contributed by atoms with van der Waals surface area (Å²) < 4.78 is 26.3. The van der Waals surface area contributed by atoms with Crippen molar-refractivity contribution in [2.45, 2.75) is 65.6 Å². The van der Waals surface area contributed by atoms with Crippen molar-refractivity contribution < 1.29 is 18.7 Å². The van der Waals surface area contributed by atoms with E-state index in [0.29, 0.717) is 24.3 Å². The molecule has 4 rings (SSSR count). The van der Waals surface area contributed by atoms with Gasteiger partial charge in [0.1, 0.15) is 17.9 Å². The van der Waals surface area contributed by atoms with E-state index in [1.807, 2.05) is 27.9 Å². The van der Waals surface area contributed by atoms with Crippen LogP contribution in [0.1, 0.15) is 57.8 Å². The molecule has 0 N–H and O–H groups in total. The lowest BCUT2D eigenvalue weighted by molar-refractivity contribution is -0.0529. The van der Waals surface area contributed by atoms with Crippen molar-refractivity contribution in [2.75, 3.05) is 65.4 Å². The highest BCUT2D eigenvalue weighted by Crippen LogP contribution is 2.44. The SMILES string of the molecule is CCN(C(=O)c1cc(F)ccc1Oc1nncnc1N1CCC2(C1)CN([C@H](C[C@@H](CN(C)C)OC)C(C)C)C2)C(C)C. The predicted molar refractivity (Wildman–Crippen MR) is 162 cm³/mol. The molecule has 1 aromatic heterocycles. The molecule has 0 aliphatic carbocycles. The summed E-state index contributed by atoms with van der Waals surface area (Å²) in [7, 11) is 5.98. The van der Waals surface area contributed by atoms with Gasteiger partial charge in [-0.3, -0.25) is 9.69 Å². The minimum absolute atomic E-state index is 0.0427. The number of benzene rings is 1. The molecule has 11 heteroatoms. The molecule has 2 aromatic rings. The van der Waals surface area contributed by atoms with Crippen LogP contribution in [0.2, 0.25) is 0 Å². The Morgan fingerprint density at radius 3 is 2.52 bits per heavy atom. The second-order valence-electron chi connectivity index (χ2n) is 12.8. The molecule has 3 heterocycles. The van der Waals surface area contributed by atoms with Gasteiger partial charge in [-0.15, -0.1) is 10.2 Å². The highest BCUT2D eigenvalue weighted by molar-refractivity contribution is 5.97. The van der Waals surface area contributed by atoms with Gasteiger partial charge >= 0.3 is 0 Å². The van der Waals surface area contributed by atoms with Crippen LogP contribution < -0.4 is 9.64 Å². The first-order valence-electron chi connectivity index (χ1n) is 15.1. The number of nitrogens with zero attached hydrogens (tertiary/aromatic N) is 7. The lowest BCUT2D eigenvalue weighted by Crippen LogP contribution is -2.62. The Kier molecular flexibility index (Phi) is 10.4. The molecular weight excluding hydrogens is 537 g/mol. The molecule has 2 aliphatic rings. The standard InChI is InChI=1S/C31H48FN7O3/c1-9-39(22(4)5)30(40)25-14-23(32)10-11-27(25)42-29-28(33-20-34-35-29)37-13-12-31(17-37)18-38(19-31)26(21(2)3)15-24(41-8)16-36(6)7/h10-11,14,20-22,24,26H,9,12-13,15-19H2,1-8H3/t24-,26+/m0/s1. The average Bonchev–Trinajstić information content (AvgIpc) is 3.37. The number of carbonyl (C=O) groups excluding carboxylic acids is 1. The van der Waals surface area contributed by atoms with E-state index in [9.17, 15) is 9.18 Å². The number of hydrogen-bond acceptors (Lipinski definition) is 9. The number of anilines is 1.